The molecule has 2 aromatic rings. The minimum atomic E-state index is -0.515. The number of hydrogen-bond acceptors (Lipinski definition) is 5. The third kappa shape index (κ3) is 2.17. The second-order valence-corrected chi connectivity index (χ2v) is 5.26. The standard InChI is InChI=1S/C13H10Cl2N2O3/c1-19-13(18)9-10(17-20-11(9)6-2-3-6)8-7(14)4-5-16-12(8)15/h4-6H,2-3H2,1H3. The summed E-state index contributed by atoms with van der Waals surface area (Å²) < 4.78 is 10.1. The van der Waals surface area contributed by atoms with E-state index >= 15 is 0 Å². The normalized spacial score (nSPS) is 14.3. The van der Waals surface area contributed by atoms with Crippen molar-refractivity contribution in [1.29, 1.82) is 0 Å². The summed E-state index contributed by atoms with van der Waals surface area (Å²) in [6, 6.07) is 1.58. The Labute approximate surface area is 124 Å². The zero-order valence-electron chi connectivity index (χ0n) is 10.5. The lowest BCUT2D eigenvalue weighted by molar-refractivity contribution is 0.0599. The molecule has 7 heteroatoms. The average Bonchev–Trinajstić information content (AvgIpc) is 3.18. The predicted molar refractivity (Wildman–Crippen MR) is 73.1 cm³/mol. The topological polar surface area (TPSA) is 65.2 Å². The number of pyridine rings is 1. The van der Waals surface area contributed by atoms with Gasteiger partial charge in [-0.25, -0.2) is 9.78 Å². The number of hydrogen-bond donors (Lipinski definition) is 0. The van der Waals surface area contributed by atoms with Crippen molar-refractivity contribution < 1.29 is 14.1 Å². The summed E-state index contributed by atoms with van der Waals surface area (Å²) in [6.45, 7) is 0. The lowest BCUT2D eigenvalue weighted by Crippen LogP contribution is -2.05. The molecule has 0 unspecified atom stereocenters. The predicted octanol–water partition coefficient (Wildman–Crippen LogP) is 3.71. The third-order valence-electron chi connectivity index (χ3n) is 3.15. The van der Waals surface area contributed by atoms with Crippen LogP contribution in [0.15, 0.2) is 16.8 Å². The molecule has 1 saturated carbocycles. The Hall–Kier alpha value is -1.59. The number of halogens is 2. The Bertz CT molecular complexity index is 660. The highest BCUT2D eigenvalue weighted by Crippen LogP contribution is 2.45. The van der Waals surface area contributed by atoms with Gasteiger partial charge >= 0.3 is 5.97 Å². The van der Waals surface area contributed by atoms with Gasteiger partial charge in [0.1, 0.15) is 16.4 Å². The van der Waals surface area contributed by atoms with Crippen molar-refractivity contribution in [2.24, 2.45) is 0 Å². The summed E-state index contributed by atoms with van der Waals surface area (Å²) in [5.74, 6) is 0.224. The first-order valence-corrected chi connectivity index (χ1v) is 6.77. The lowest BCUT2D eigenvalue weighted by atomic mass is 10.1. The van der Waals surface area contributed by atoms with Crippen molar-refractivity contribution in [1.82, 2.24) is 10.1 Å². The van der Waals surface area contributed by atoms with Crippen LogP contribution in [0.25, 0.3) is 11.3 Å². The van der Waals surface area contributed by atoms with Gasteiger partial charge in [-0.15, -0.1) is 0 Å². The van der Waals surface area contributed by atoms with Crippen molar-refractivity contribution in [3.8, 4) is 11.3 Å². The molecule has 0 saturated heterocycles. The Morgan fingerprint density at radius 2 is 2.20 bits per heavy atom. The Morgan fingerprint density at radius 3 is 2.80 bits per heavy atom. The van der Waals surface area contributed by atoms with Gasteiger partial charge in [-0.1, -0.05) is 28.4 Å². The fourth-order valence-electron chi connectivity index (χ4n) is 2.02. The molecule has 5 nitrogen and oxygen atoms in total. The molecule has 2 heterocycles. The van der Waals surface area contributed by atoms with Crippen molar-refractivity contribution in [2.45, 2.75) is 18.8 Å². The van der Waals surface area contributed by atoms with E-state index in [1.165, 1.54) is 13.3 Å². The molecule has 0 atom stereocenters. The molecular weight excluding hydrogens is 303 g/mol. The zero-order valence-corrected chi connectivity index (χ0v) is 12.0. The second-order valence-electron chi connectivity index (χ2n) is 4.49. The quantitative estimate of drug-likeness (QED) is 0.638. The van der Waals surface area contributed by atoms with E-state index in [0.29, 0.717) is 16.3 Å². The minimum absolute atomic E-state index is 0.165. The van der Waals surface area contributed by atoms with E-state index in [0.717, 1.165) is 12.8 Å². The maximum absolute atomic E-state index is 12.0. The van der Waals surface area contributed by atoms with Crippen LogP contribution in [-0.2, 0) is 4.74 Å². The number of rotatable bonds is 3. The molecular formula is C13H10Cl2N2O3. The summed E-state index contributed by atoms with van der Waals surface area (Å²) in [4.78, 5) is 16.0. The fourth-order valence-corrected chi connectivity index (χ4v) is 2.55. The van der Waals surface area contributed by atoms with E-state index in [1.54, 1.807) is 6.07 Å². The first-order chi connectivity index (χ1) is 9.63. The molecule has 20 heavy (non-hydrogen) atoms. The molecule has 3 rings (SSSR count). The third-order valence-corrected chi connectivity index (χ3v) is 3.75. The van der Waals surface area contributed by atoms with Crippen molar-refractivity contribution in [3.63, 3.8) is 0 Å². The number of esters is 1. The van der Waals surface area contributed by atoms with Crippen LogP contribution in [0, 0.1) is 0 Å². The van der Waals surface area contributed by atoms with E-state index in [1.807, 2.05) is 0 Å². The number of nitrogens with zero attached hydrogens (tertiary/aromatic N) is 2. The highest BCUT2D eigenvalue weighted by atomic mass is 35.5. The van der Waals surface area contributed by atoms with Gasteiger partial charge in [0.25, 0.3) is 0 Å². The van der Waals surface area contributed by atoms with Crippen molar-refractivity contribution in [3.05, 3.63) is 33.8 Å². The first-order valence-electron chi connectivity index (χ1n) is 6.01. The van der Waals surface area contributed by atoms with Crippen LogP contribution in [0.2, 0.25) is 10.2 Å². The van der Waals surface area contributed by atoms with E-state index in [2.05, 4.69) is 10.1 Å². The van der Waals surface area contributed by atoms with Crippen LogP contribution in [0.5, 0.6) is 0 Å². The SMILES string of the molecule is COC(=O)c1c(-c2c(Cl)ccnc2Cl)noc1C1CC1. The first kappa shape index (κ1) is 13.4. The molecule has 0 amide bonds. The highest BCUT2D eigenvalue weighted by molar-refractivity contribution is 6.38. The van der Waals surface area contributed by atoms with E-state index in [-0.39, 0.29) is 22.3 Å². The van der Waals surface area contributed by atoms with Gasteiger partial charge < -0.3 is 9.26 Å². The van der Waals surface area contributed by atoms with Crippen molar-refractivity contribution in [2.75, 3.05) is 7.11 Å². The molecule has 0 spiro atoms. The number of carbonyl (C=O) groups is 1. The number of carbonyl (C=O) groups excluding carboxylic acids is 1. The largest absolute Gasteiger partial charge is 0.465 e. The maximum atomic E-state index is 12.0. The second kappa shape index (κ2) is 5.07. The minimum Gasteiger partial charge on any atom is -0.465 e. The maximum Gasteiger partial charge on any atom is 0.343 e. The molecule has 1 fully saturated rings. The van der Waals surface area contributed by atoms with E-state index in [4.69, 9.17) is 32.5 Å². The number of methoxy groups -OCH3 is 1. The van der Waals surface area contributed by atoms with Gasteiger partial charge in [0.15, 0.2) is 5.76 Å². The molecule has 0 aliphatic heterocycles. The molecule has 1 aliphatic rings. The Kier molecular flexibility index (Phi) is 3.40. The van der Waals surface area contributed by atoms with Gasteiger partial charge in [-0.3, -0.25) is 0 Å². The summed E-state index contributed by atoms with van der Waals surface area (Å²) in [6.07, 6.45) is 3.41. The van der Waals surface area contributed by atoms with Crippen LogP contribution < -0.4 is 0 Å². The average molecular weight is 313 g/mol. The van der Waals surface area contributed by atoms with E-state index in [9.17, 15) is 4.79 Å². The molecule has 2 aromatic heterocycles. The molecule has 0 radical (unpaired) electrons. The number of ether oxygens (including phenoxy) is 1. The van der Waals surface area contributed by atoms with Gasteiger partial charge in [-0.05, 0) is 18.9 Å². The molecule has 0 aromatic carbocycles. The summed E-state index contributed by atoms with van der Waals surface area (Å²) in [5.41, 5.74) is 0.945. The monoisotopic (exact) mass is 312 g/mol. The van der Waals surface area contributed by atoms with Crippen LogP contribution in [0.1, 0.15) is 34.9 Å². The van der Waals surface area contributed by atoms with Gasteiger partial charge in [0.2, 0.25) is 0 Å². The molecule has 104 valence electrons. The summed E-state index contributed by atoms with van der Waals surface area (Å²) in [7, 11) is 1.31. The van der Waals surface area contributed by atoms with Crippen LogP contribution in [-0.4, -0.2) is 23.2 Å². The smallest absolute Gasteiger partial charge is 0.343 e. The molecule has 0 bridgehead atoms. The van der Waals surface area contributed by atoms with Gasteiger partial charge in [0.05, 0.1) is 17.7 Å². The van der Waals surface area contributed by atoms with E-state index < -0.39 is 5.97 Å². The van der Waals surface area contributed by atoms with Crippen LogP contribution in [0.4, 0.5) is 0 Å². The molecule has 0 N–H and O–H groups in total. The molecule has 1 aliphatic carbocycles. The van der Waals surface area contributed by atoms with Crippen LogP contribution >= 0.6 is 23.2 Å². The number of aromatic nitrogens is 2. The van der Waals surface area contributed by atoms with Crippen molar-refractivity contribution >= 4 is 29.2 Å². The van der Waals surface area contributed by atoms with Gasteiger partial charge in [0, 0.05) is 12.1 Å². The van der Waals surface area contributed by atoms with Gasteiger partial charge in [-0.2, -0.15) is 0 Å². The zero-order chi connectivity index (χ0) is 14.3. The highest BCUT2D eigenvalue weighted by Gasteiger charge is 2.36. The Morgan fingerprint density at radius 1 is 1.45 bits per heavy atom. The fraction of sp³-hybridized carbons (Fsp3) is 0.308. The summed E-state index contributed by atoms with van der Waals surface area (Å²) in [5, 5.41) is 4.47. The summed E-state index contributed by atoms with van der Waals surface area (Å²) >= 11 is 12.2. The lowest BCUT2D eigenvalue weighted by Gasteiger charge is -2.05. The Balaban J connectivity index is 2.21. The van der Waals surface area contributed by atoms with Crippen LogP contribution in [0.3, 0.4) is 0 Å².